The van der Waals surface area contributed by atoms with Gasteiger partial charge in [0, 0.05) is 0 Å². The summed E-state index contributed by atoms with van der Waals surface area (Å²) in [6.07, 6.45) is 3.78. The Morgan fingerprint density at radius 1 is 0.611 bits per heavy atom. The maximum Gasteiger partial charge on any atom is 0.339 e. The first-order chi connectivity index (χ1) is 8.77. The zero-order chi connectivity index (χ0) is 12.3. The number of rotatable bonds is 0. The predicted molar refractivity (Wildman–Crippen MR) is 61.8 cm³/mol. The Morgan fingerprint density at radius 2 is 1.00 bits per heavy atom. The second-order valence-electron chi connectivity index (χ2n) is 4.94. The van der Waals surface area contributed by atoms with Crippen molar-refractivity contribution in [3.05, 3.63) is 33.4 Å². The zero-order valence-corrected chi connectivity index (χ0v) is 9.88. The van der Waals surface area contributed by atoms with E-state index in [1.807, 2.05) is 0 Å². The second-order valence-corrected chi connectivity index (χ2v) is 4.94. The topological polar surface area (TPSA) is 52.6 Å². The van der Waals surface area contributed by atoms with Gasteiger partial charge in [-0.1, -0.05) is 0 Å². The third-order valence-corrected chi connectivity index (χ3v) is 4.15. The summed E-state index contributed by atoms with van der Waals surface area (Å²) in [5, 5.41) is 0. The van der Waals surface area contributed by atoms with Crippen LogP contribution in [-0.2, 0) is 35.2 Å². The Kier molecular flexibility index (Phi) is 1.88. The second kappa shape index (κ2) is 3.34. The van der Waals surface area contributed by atoms with E-state index in [4.69, 9.17) is 9.47 Å². The standard InChI is InChI=1S/C14H12O4/c15-13-11-9-3-1-7(9)8-2-4-10(8)12(11)14(16)18-6-5-17-13/h1-6H2. The first kappa shape index (κ1) is 10.1. The summed E-state index contributed by atoms with van der Waals surface area (Å²) in [6.45, 7) is 0.297. The largest absolute Gasteiger partial charge is 0.458 e. The maximum absolute atomic E-state index is 12.1. The van der Waals surface area contributed by atoms with Gasteiger partial charge in [0.2, 0.25) is 0 Å². The van der Waals surface area contributed by atoms with Crippen molar-refractivity contribution >= 4 is 11.9 Å². The Balaban J connectivity index is 2.03. The van der Waals surface area contributed by atoms with E-state index < -0.39 is 0 Å². The molecule has 0 saturated heterocycles. The van der Waals surface area contributed by atoms with E-state index in [0.29, 0.717) is 11.1 Å². The molecule has 0 aromatic heterocycles. The van der Waals surface area contributed by atoms with Gasteiger partial charge in [0.15, 0.2) is 0 Å². The predicted octanol–water partition coefficient (Wildman–Crippen LogP) is 1.21. The van der Waals surface area contributed by atoms with Gasteiger partial charge in [0.25, 0.3) is 0 Å². The van der Waals surface area contributed by atoms with Gasteiger partial charge in [-0.05, 0) is 47.9 Å². The van der Waals surface area contributed by atoms with Crippen LogP contribution in [0, 0.1) is 0 Å². The van der Waals surface area contributed by atoms with Crippen molar-refractivity contribution < 1.29 is 19.1 Å². The molecule has 1 aromatic rings. The molecule has 18 heavy (non-hydrogen) atoms. The summed E-state index contributed by atoms with van der Waals surface area (Å²) in [6, 6.07) is 0. The molecule has 4 nitrogen and oxygen atoms in total. The molecule has 1 aliphatic heterocycles. The van der Waals surface area contributed by atoms with Crippen LogP contribution in [0.3, 0.4) is 0 Å². The number of carbonyl (C=O) groups excluding carboxylic acids is 2. The fourth-order valence-electron chi connectivity index (χ4n) is 3.13. The highest BCUT2D eigenvalue weighted by atomic mass is 16.6. The minimum atomic E-state index is -0.354. The van der Waals surface area contributed by atoms with Crippen molar-refractivity contribution in [1.82, 2.24) is 0 Å². The molecule has 4 rings (SSSR count). The maximum atomic E-state index is 12.1. The van der Waals surface area contributed by atoms with E-state index >= 15 is 0 Å². The van der Waals surface area contributed by atoms with E-state index in [1.54, 1.807) is 0 Å². The normalized spacial score (nSPS) is 20.0. The molecule has 1 aromatic carbocycles. The average molecular weight is 244 g/mol. The SMILES string of the molecule is O=C1OCCOC(=O)c2c3c(c4c(c21)CC4)CC3. The molecule has 0 spiro atoms. The molecule has 0 saturated carbocycles. The number of benzene rings is 1. The highest BCUT2D eigenvalue weighted by molar-refractivity contribution is 6.07. The number of hydrogen-bond donors (Lipinski definition) is 0. The number of fused-ring (bicyclic) bond motifs is 6. The van der Waals surface area contributed by atoms with Gasteiger partial charge in [-0.3, -0.25) is 0 Å². The summed E-state index contributed by atoms with van der Waals surface area (Å²) in [5.74, 6) is -0.709. The van der Waals surface area contributed by atoms with Gasteiger partial charge < -0.3 is 9.47 Å². The average Bonchev–Trinajstić information content (AvgIpc) is 2.29. The monoisotopic (exact) mass is 244 g/mol. The zero-order valence-electron chi connectivity index (χ0n) is 9.88. The minimum Gasteiger partial charge on any atom is -0.458 e. The van der Waals surface area contributed by atoms with Crippen molar-refractivity contribution in [2.45, 2.75) is 25.7 Å². The molecule has 0 amide bonds. The van der Waals surface area contributed by atoms with E-state index in [2.05, 4.69) is 0 Å². The van der Waals surface area contributed by atoms with Gasteiger partial charge in [0.1, 0.15) is 13.2 Å². The van der Waals surface area contributed by atoms with Crippen molar-refractivity contribution in [1.29, 1.82) is 0 Å². The van der Waals surface area contributed by atoms with Crippen LogP contribution < -0.4 is 0 Å². The molecule has 0 radical (unpaired) electrons. The summed E-state index contributed by atoms with van der Waals surface area (Å²) in [7, 11) is 0. The molecule has 3 aliphatic rings. The molecule has 4 heteroatoms. The summed E-state index contributed by atoms with van der Waals surface area (Å²) in [5.41, 5.74) is 5.57. The number of ether oxygens (including phenoxy) is 2. The van der Waals surface area contributed by atoms with E-state index in [1.165, 1.54) is 11.1 Å². The Bertz CT molecular complexity index is 548. The molecule has 0 bridgehead atoms. The van der Waals surface area contributed by atoms with Crippen molar-refractivity contribution in [3.8, 4) is 0 Å². The van der Waals surface area contributed by atoms with Crippen LogP contribution >= 0.6 is 0 Å². The number of esters is 2. The highest BCUT2D eigenvalue weighted by Gasteiger charge is 2.38. The summed E-state index contributed by atoms with van der Waals surface area (Å²) in [4.78, 5) is 24.1. The molecular formula is C14H12O4. The van der Waals surface area contributed by atoms with Gasteiger partial charge >= 0.3 is 11.9 Å². The van der Waals surface area contributed by atoms with Crippen LogP contribution in [0.2, 0.25) is 0 Å². The van der Waals surface area contributed by atoms with E-state index in [0.717, 1.165) is 36.8 Å². The van der Waals surface area contributed by atoms with Crippen LogP contribution in [0.1, 0.15) is 43.0 Å². The molecule has 0 atom stereocenters. The molecular weight excluding hydrogens is 232 g/mol. The van der Waals surface area contributed by atoms with Gasteiger partial charge in [0.05, 0.1) is 11.1 Å². The Morgan fingerprint density at radius 3 is 1.33 bits per heavy atom. The van der Waals surface area contributed by atoms with Gasteiger partial charge in [-0.2, -0.15) is 0 Å². The lowest BCUT2D eigenvalue weighted by atomic mass is 9.70. The lowest BCUT2D eigenvalue weighted by Gasteiger charge is -2.35. The number of carbonyl (C=O) groups is 2. The van der Waals surface area contributed by atoms with E-state index in [-0.39, 0.29) is 25.2 Å². The fraction of sp³-hybridized carbons (Fsp3) is 0.429. The molecule has 1 heterocycles. The molecule has 0 fully saturated rings. The number of cyclic esters (lactones) is 2. The van der Waals surface area contributed by atoms with Crippen molar-refractivity contribution in [2.75, 3.05) is 13.2 Å². The van der Waals surface area contributed by atoms with Crippen LogP contribution in [0.25, 0.3) is 0 Å². The van der Waals surface area contributed by atoms with Crippen LogP contribution in [-0.4, -0.2) is 25.2 Å². The van der Waals surface area contributed by atoms with Crippen LogP contribution in [0.5, 0.6) is 0 Å². The third kappa shape index (κ3) is 1.10. The highest BCUT2D eigenvalue weighted by Crippen LogP contribution is 2.42. The summed E-state index contributed by atoms with van der Waals surface area (Å²) >= 11 is 0. The quantitative estimate of drug-likeness (QED) is 0.644. The number of hydrogen-bond acceptors (Lipinski definition) is 4. The van der Waals surface area contributed by atoms with Crippen molar-refractivity contribution in [2.24, 2.45) is 0 Å². The van der Waals surface area contributed by atoms with Crippen LogP contribution in [0.4, 0.5) is 0 Å². The first-order valence-corrected chi connectivity index (χ1v) is 6.31. The lowest BCUT2D eigenvalue weighted by molar-refractivity contribution is 0.0221. The van der Waals surface area contributed by atoms with Gasteiger partial charge in [-0.15, -0.1) is 0 Å². The molecule has 0 unspecified atom stereocenters. The lowest BCUT2D eigenvalue weighted by Crippen LogP contribution is -2.32. The van der Waals surface area contributed by atoms with Crippen molar-refractivity contribution in [3.63, 3.8) is 0 Å². The Hall–Kier alpha value is -1.84. The Labute approximate surface area is 104 Å². The molecule has 92 valence electrons. The fourth-order valence-corrected chi connectivity index (χ4v) is 3.13. The minimum absolute atomic E-state index is 0.149. The summed E-state index contributed by atoms with van der Waals surface area (Å²) < 4.78 is 10.3. The third-order valence-electron chi connectivity index (χ3n) is 4.15. The van der Waals surface area contributed by atoms with E-state index in [9.17, 15) is 9.59 Å². The van der Waals surface area contributed by atoms with Gasteiger partial charge in [-0.25, -0.2) is 9.59 Å². The first-order valence-electron chi connectivity index (χ1n) is 6.31. The molecule has 2 aliphatic carbocycles. The smallest absolute Gasteiger partial charge is 0.339 e. The molecule has 0 N–H and O–H groups in total. The van der Waals surface area contributed by atoms with Crippen LogP contribution in [0.15, 0.2) is 0 Å².